The number of nitrogens with zero attached hydrogens (tertiary/aromatic N) is 4. The molecule has 0 spiro atoms. The number of fused-ring (bicyclic) bond motifs is 1. The maximum absolute atomic E-state index is 9.52. The third-order valence-corrected chi connectivity index (χ3v) is 4.59. The van der Waals surface area contributed by atoms with Gasteiger partial charge in [0.1, 0.15) is 6.10 Å². The fourth-order valence-corrected chi connectivity index (χ4v) is 3.30. The lowest BCUT2D eigenvalue weighted by molar-refractivity contribution is 0.152. The van der Waals surface area contributed by atoms with Crippen LogP contribution in [0, 0.1) is 0 Å². The molecule has 130 valence electrons. The summed E-state index contributed by atoms with van der Waals surface area (Å²) in [5.74, 6) is 0.761. The molecule has 25 heavy (non-hydrogen) atoms. The minimum atomic E-state index is -0.753. The molecule has 2 N–H and O–H groups in total. The first kappa shape index (κ1) is 16.0. The van der Waals surface area contributed by atoms with Crippen molar-refractivity contribution in [1.82, 2.24) is 25.2 Å². The van der Waals surface area contributed by atoms with Crippen LogP contribution in [0.1, 0.15) is 48.1 Å². The molecule has 1 aliphatic carbocycles. The molecule has 2 aromatic heterocycles. The predicted molar refractivity (Wildman–Crippen MR) is 91.5 cm³/mol. The van der Waals surface area contributed by atoms with Crippen LogP contribution in [0.4, 0.5) is 0 Å². The number of aliphatic hydroxyl groups is 1. The van der Waals surface area contributed by atoms with Crippen molar-refractivity contribution in [2.24, 2.45) is 7.05 Å². The fraction of sp³-hybridized carbons (Fsp3) is 0.389. The van der Waals surface area contributed by atoms with Gasteiger partial charge in [0.25, 0.3) is 5.89 Å². The molecular weight excluding hydrogens is 318 g/mol. The zero-order valence-corrected chi connectivity index (χ0v) is 14.3. The van der Waals surface area contributed by atoms with Crippen molar-refractivity contribution >= 4 is 0 Å². The van der Waals surface area contributed by atoms with Crippen molar-refractivity contribution in [3.63, 3.8) is 0 Å². The van der Waals surface area contributed by atoms with E-state index in [1.165, 1.54) is 16.7 Å². The van der Waals surface area contributed by atoms with Gasteiger partial charge in [0.2, 0.25) is 5.82 Å². The fourth-order valence-electron chi connectivity index (χ4n) is 3.30. The van der Waals surface area contributed by atoms with Gasteiger partial charge in [-0.25, -0.2) is 0 Å². The first-order valence-corrected chi connectivity index (χ1v) is 8.46. The van der Waals surface area contributed by atoms with Crippen molar-refractivity contribution in [3.8, 4) is 11.4 Å². The molecule has 2 heterocycles. The Kier molecular flexibility index (Phi) is 4.10. The number of nitrogens with one attached hydrogen (secondary N) is 1. The van der Waals surface area contributed by atoms with Gasteiger partial charge in [0.15, 0.2) is 0 Å². The van der Waals surface area contributed by atoms with Gasteiger partial charge in [-0.05, 0) is 37.0 Å². The Bertz CT molecular complexity index is 883. The van der Waals surface area contributed by atoms with Gasteiger partial charge in [-0.2, -0.15) is 10.1 Å². The van der Waals surface area contributed by atoms with Crippen LogP contribution >= 0.6 is 0 Å². The molecule has 7 heteroatoms. The van der Waals surface area contributed by atoms with E-state index in [1.807, 2.05) is 30.2 Å². The number of rotatable bonds is 5. The van der Waals surface area contributed by atoms with E-state index in [0.29, 0.717) is 11.9 Å². The second-order valence-corrected chi connectivity index (χ2v) is 6.54. The summed E-state index contributed by atoms with van der Waals surface area (Å²) in [5.41, 5.74) is 4.74. The molecule has 0 radical (unpaired) electrons. The highest BCUT2D eigenvalue weighted by atomic mass is 16.5. The Morgan fingerprint density at radius 3 is 3.04 bits per heavy atom. The second kappa shape index (κ2) is 6.42. The summed E-state index contributed by atoms with van der Waals surface area (Å²) in [4.78, 5) is 4.25. The number of aromatic nitrogens is 4. The maximum Gasteiger partial charge on any atom is 0.255 e. The van der Waals surface area contributed by atoms with Crippen LogP contribution in [-0.4, -0.2) is 25.0 Å². The zero-order chi connectivity index (χ0) is 17.4. The van der Waals surface area contributed by atoms with Gasteiger partial charge < -0.3 is 14.9 Å². The number of hydrogen-bond donors (Lipinski definition) is 2. The molecule has 0 saturated carbocycles. The molecule has 0 fully saturated rings. The van der Waals surface area contributed by atoms with Crippen LogP contribution < -0.4 is 5.32 Å². The molecule has 1 aliphatic rings. The predicted octanol–water partition coefficient (Wildman–Crippen LogP) is 2.30. The van der Waals surface area contributed by atoms with E-state index in [-0.39, 0.29) is 5.89 Å². The van der Waals surface area contributed by atoms with E-state index < -0.39 is 6.10 Å². The smallest absolute Gasteiger partial charge is 0.255 e. The van der Waals surface area contributed by atoms with Crippen molar-refractivity contribution in [3.05, 3.63) is 53.2 Å². The molecule has 0 amide bonds. The summed E-state index contributed by atoms with van der Waals surface area (Å²) in [7, 11) is 1.93. The quantitative estimate of drug-likeness (QED) is 0.741. The molecule has 4 rings (SSSR count). The topological polar surface area (TPSA) is 89.0 Å². The molecule has 3 aromatic rings. The van der Waals surface area contributed by atoms with E-state index in [4.69, 9.17) is 4.52 Å². The first-order valence-electron chi connectivity index (χ1n) is 8.46. The largest absolute Gasteiger partial charge is 0.384 e. The highest BCUT2D eigenvalue weighted by Crippen LogP contribution is 2.34. The lowest BCUT2D eigenvalue weighted by Crippen LogP contribution is -2.18. The molecule has 0 bridgehead atoms. The van der Waals surface area contributed by atoms with E-state index in [2.05, 4.69) is 32.7 Å². The third-order valence-electron chi connectivity index (χ3n) is 4.59. The standard InChI is InChI=1S/C18H21N5O2/c1-11(24)18-21-17(22-25-18)14-3-5-15-13(7-14)4-6-16(15)19-8-12-9-20-23(2)10-12/h3,5,7,9-11,16,19,24H,4,6,8H2,1-2H3/t11-,16-/m1/s1. The van der Waals surface area contributed by atoms with Crippen LogP contribution in [0.3, 0.4) is 0 Å². The lowest BCUT2D eigenvalue weighted by Gasteiger charge is -2.13. The monoisotopic (exact) mass is 339 g/mol. The Hall–Kier alpha value is -2.51. The Labute approximate surface area is 145 Å². The van der Waals surface area contributed by atoms with Gasteiger partial charge in [0.05, 0.1) is 6.20 Å². The summed E-state index contributed by atoms with van der Waals surface area (Å²) in [5, 5.41) is 21.3. The van der Waals surface area contributed by atoms with Crippen molar-refractivity contribution in [1.29, 1.82) is 0 Å². The number of aliphatic hydroxyl groups excluding tert-OH is 1. The molecule has 1 aromatic carbocycles. The summed E-state index contributed by atoms with van der Waals surface area (Å²) < 4.78 is 6.90. The molecule has 0 unspecified atom stereocenters. The Balaban J connectivity index is 1.49. The van der Waals surface area contributed by atoms with Crippen LogP contribution in [0.2, 0.25) is 0 Å². The van der Waals surface area contributed by atoms with E-state index in [9.17, 15) is 5.11 Å². The van der Waals surface area contributed by atoms with Gasteiger partial charge in [-0.3, -0.25) is 4.68 Å². The van der Waals surface area contributed by atoms with Gasteiger partial charge in [-0.15, -0.1) is 0 Å². The van der Waals surface area contributed by atoms with E-state index in [1.54, 1.807) is 6.92 Å². The summed E-state index contributed by atoms with van der Waals surface area (Å²) in [6, 6.07) is 6.62. The lowest BCUT2D eigenvalue weighted by atomic mass is 10.0. The molecule has 7 nitrogen and oxygen atoms in total. The maximum atomic E-state index is 9.52. The van der Waals surface area contributed by atoms with E-state index >= 15 is 0 Å². The first-order chi connectivity index (χ1) is 12.1. The van der Waals surface area contributed by atoms with Crippen LogP contribution in [-0.2, 0) is 20.0 Å². The number of aryl methyl sites for hydroxylation is 2. The van der Waals surface area contributed by atoms with Crippen molar-refractivity contribution < 1.29 is 9.63 Å². The van der Waals surface area contributed by atoms with Crippen LogP contribution in [0.5, 0.6) is 0 Å². The minimum absolute atomic E-state index is 0.242. The van der Waals surface area contributed by atoms with E-state index in [0.717, 1.165) is 24.9 Å². The Morgan fingerprint density at radius 2 is 2.32 bits per heavy atom. The van der Waals surface area contributed by atoms with Gasteiger partial charge in [-0.1, -0.05) is 17.3 Å². The average molecular weight is 339 g/mol. The molecule has 0 saturated heterocycles. The molecule has 0 aliphatic heterocycles. The SMILES string of the molecule is C[C@@H](O)c1nc(-c2ccc3c(c2)CC[C@H]3NCc2cnn(C)c2)no1. The minimum Gasteiger partial charge on any atom is -0.384 e. The zero-order valence-electron chi connectivity index (χ0n) is 14.3. The number of hydrogen-bond acceptors (Lipinski definition) is 6. The van der Waals surface area contributed by atoms with Crippen molar-refractivity contribution in [2.45, 2.75) is 38.5 Å². The Morgan fingerprint density at radius 1 is 1.44 bits per heavy atom. The van der Waals surface area contributed by atoms with Crippen LogP contribution in [0.25, 0.3) is 11.4 Å². The second-order valence-electron chi connectivity index (χ2n) is 6.54. The van der Waals surface area contributed by atoms with Gasteiger partial charge >= 0.3 is 0 Å². The third kappa shape index (κ3) is 3.20. The van der Waals surface area contributed by atoms with Crippen molar-refractivity contribution in [2.75, 3.05) is 0 Å². The molecule has 2 atom stereocenters. The van der Waals surface area contributed by atoms with Gasteiger partial charge in [0, 0.05) is 37.0 Å². The highest BCUT2D eigenvalue weighted by molar-refractivity contribution is 5.58. The molecular formula is C18H21N5O2. The summed E-state index contributed by atoms with van der Waals surface area (Å²) >= 11 is 0. The summed E-state index contributed by atoms with van der Waals surface area (Å²) in [6.07, 6.45) is 5.26. The summed E-state index contributed by atoms with van der Waals surface area (Å²) in [6.45, 7) is 2.42. The highest BCUT2D eigenvalue weighted by Gasteiger charge is 2.23. The normalized spacial score (nSPS) is 17.6. The van der Waals surface area contributed by atoms with Crippen LogP contribution in [0.15, 0.2) is 35.1 Å². The number of benzene rings is 1. The average Bonchev–Trinajstić information content (AvgIpc) is 3.32.